The van der Waals surface area contributed by atoms with Crippen LogP contribution in [0.25, 0.3) is 21.9 Å². The van der Waals surface area contributed by atoms with E-state index < -0.39 is 0 Å². The van der Waals surface area contributed by atoms with Crippen molar-refractivity contribution < 1.29 is 23.7 Å². The van der Waals surface area contributed by atoms with Crippen LogP contribution in [-0.2, 0) is 4.79 Å². The van der Waals surface area contributed by atoms with Gasteiger partial charge in [0.1, 0.15) is 5.75 Å². The van der Waals surface area contributed by atoms with E-state index in [9.17, 15) is 4.79 Å². The van der Waals surface area contributed by atoms with Gasteiger partial charge in [0.2, 0.25) is 5.75 Å². The average Bonchev–Trinajstić information content (AvgIpc) is 2.75. The van der Waals surface area contributed by atoms with Crippen molar-refractivity contribution >= 4 is 16.7 Å². The number of hydrogen-bond donors (Lipinski definition) is 0. The number of fused-ring (bicyclic) bond motifs is 1. The van der Waals surface area contributed by atoms with Gasteiger partial charge in [-0.05, 0) is 46.7 Å². The molecule has 1 amide bonds. The number of ether oxygens (including phenoxy) is 4. The number of carbonyl (C=O) groups excluding carboxylic acids is 1. The van der Waals surface area contributed by atoms with Crippen LogP contribution in [0, 0.1) is 0 Å². The fourth-order valence-electron chi connectivity index (χ4n) is 3.08. The molecule has 0 unspecified atom stereocenters. The van der Waals surface area contributed by atoms with Gasteiger partial charge in [0.15, 0.2) is 18.1 Å². The summed E-state index contributed by atoms with van der Waals surface area (Å²) in [6, 6.07) is 15.7. The van der Waals surface area contributed by atoms with Crippen molar-refractivity contribution in [1.29, 1.82) is 0 Å². The molecule has 0 aromatic heterocycles. The lowest BCUT2D eigenvalue weighted by Gasteiger charge is -2.16. The highest BCUT2D eigenvalue weighted by molar-refractivity contribution is 5.90. The molecule has 3 aromatic carbocycles. The maximum Gasteiger partial charge on any atom is 0.259 e. The van der Waals surface area contributed by atoms with Crippen molar-refractivity contribution in [3.63, 3.8) is 0 Å². The van der Waals surface area contributed by atoms with E-state index in [2.05, 4.69) is 6.07 Å². The summed E-state index contributed by atoms with van der Waals surface area (Å²) in [5.74, 6) is 2.32. The summed E-state index contributed by atoms with van der Waals surface area (Å²) in [7, 11) is 8.19. The minimum absolute atomic E-state index is 0.00169. The second-order valence-electron chi connectivity index (χ2n) is 6.68. The number of nitrogens with zero attached hydrogens (tertiary/aromatic N) is 1. The maximum absolute atomic E-state index is 11.8. The molecule has 0 fully saturated rings. The second-order valence-corrected chi connectivity index (χ2v) is 6.68. The Hall–Kier alpha value is -3.41. The van der Waals surface area contributed by atoms with Crippen LogP contribution in [0.3, 0.4) is 0 Å². The van der Waals surface area contributed by atoms with Crippen molar-refractivity contribution in [3.05, 3.63) is 48.5 Å². The fraction of sp³-hybridized carbons (Fsp3) is 0.261. The third-order valence-corrected chi connectivity index (χ3v) is 4.69. The second kappa shape index (κ2) is 8.73. The van der Waals surface area contributed by atoms with Gasteiger partial charge in [-0.15, -0.1) is 0 Å². The van der Waals surface area contributed by atoms with E-state index >= 15 is 0 Å². The molecule has 0 saturated heterocycles. The van der Waals surface area contributed by atoms with E-state index in [0.29, 0.717) is 23.0 Å². The lowest BCUT2D eigenvalue weighted by molar-refractivity contribution is -0.130. The molecular formula is C23H25NO5. The van der Waals surface area contributed by atoms with Crippen molar-refractivity contribution in [2.75, 3.05) is 42.0 Å². The van der Waals surface area contributed by atoms with Crippen LogP contribution in [0.15, 0.2) is 48.5 Å². The highest BCUT2D eigenvalue weighted by Gasteiger charge is 2.17. The first-order valence-corrected chi connectivity index (χ1v) is 9.14. The Balaban J connectivity index is 2.00. The summed E-state index contributed by atoms with van der Waals surface area (Å²) in [4.78, 5) is 13.3. The minimum atomic E-state index is -0.0890. The molecule has 0 N–H and O–H groups in total. The summed E-state index contributed by atoms with van der Waals surface area (Å²) >= 11 is 0. The normalized spacial score (nSPS) is 10.5. The molecule has 0 heterocycles. The fourth-order valence-corrected chi connectivity index (χ4v) is 3.08. The van der Waals surface area contributed by atoms with Gasteiger partial charge < -0.3 is 23.8 Å². The molecular weight excluding hydrogens is 370 g/mol. The van der Waals surface area contributed by atoms with Gasteiger partial charge in [0.25, 0.3) is 5.91 Å². The molecule has 152 valence electrons. The predicted octanol–water partition coefficient (Wildman–Crippen LogP) is 4.00. The molecule has 0 spiro atoms. The topological polar surface area (TPSA) is 57.2 Å². The monoisotopic (exact) mass is 395 g/mol. The molecule has 3 rings (SSSR count). The van der Waals surface area contributed by atoms with Crippen LogP contribution in [0.5, 0.6) is 23.0 Å². The molecule has 0 atom stereocenters. The van der Waals surface area contributed by atoms with E-state index in [1.165, 1.54) is 4.90 Å². The SMILES string of the molecule is COc1ccc(-c2ccc3ccc(OCC(=O)N(C)C)cc3c2)c(OC)c1OC. The van der Waals surface area contributed by atoms with E-state index in [1.54, 1.807) is 35.4 Å². The number of likely N-dealkylation sites (N-methyl/N-ethyl adjacent to an activating group) is 1. The Labute approximate surface area is 170 Å². The number of benzene rings is 3. The Morgan fingerprint density at radius 1 is 0.828 bits per heavy atom. The molecule has 0 aliphatic carbocycles. The number of carbonyl (C=O) groups is 1. The Morgan fingerprint density at radius 2 is 1.55 bits per heavy atom. The van der Waals surface area contributed by atoms with Crippen LogP contribution in [-0.4, -0.2) is 52.8 Å². The first-order valence-electron chi connectivity index (χ1n) is 9.14. The van der Waals surface area contributed by atoms with Gasteiger partial charge in [-0.2, -0.15) is 0 Å². The summed E-state index contributed by atoms with van der Waals surface area (Å²) in [6.45, 7) is 0.00169. The van der Waals surface area contributed by atoms with Crippen molar-refractivity contribution in [1.82, 2.24) is 4.90 Å². The molecule has 0 radical (unpaired) electrons. The average molecular weight is 395 g/mol. The third-order valence-electron chi connectivity index (χ3n) is 4.69. The third kappa shape index (κ3) is 4.21. The Kier molecular flexibility index (Phi) is 6.12. The van der Waals surface area contributed by atoms with Crippen LogP contribution in [0.4, 0.5) is 0 Å². The standard InChI is InChI=1S/C23H25NO5/c1-24(2)21(25)14-29-18-9-8-15-6-7-16(12-17(15)13-18)19-10-11-20(26-3)23(28-5)22(19)27-4/h6-13H,14H2,1-5H3. The van der Waals surface area contributed by atoms with E-state index in [0.717, 1.165) is 21.9 Å². The molecule has 29 heavy (non-hydrogen) atoms. The molecule has 6 nitrogen and oxygen atoms in total. The summed E-state index contributed by atoms with van der Waals surface area (Å²) < 4.78 is 22.1. The highest BCUT2D eigenvalue weighted by atomic mass is 16.5. The Bertz CT molecular complexity index is 1030. The summed E-state index contributed by atoms with van der Waals surface area (Å²) in [6.07, 6.45) is 0. The number of rotatable bonds is 7. The number of amides is 1. The first-order chi connectivity index (χ1) is 14.0. The van der Waals surface area contributed by atoms with Crippen molar-refractivity contribution in [3.8, 4) is 34.1 Å². The largest absolute Gasteiger partial charge is 0.493 e. The van der Waals surface area contributed by atoms with Gasteiger partial charge in [-0.1, -0.05) is 18.2 Å². The van der Waals surface area contributed by atoms with Crippen LogP contribution >= 0.6 is 0 Å². The maximum atomic E-state index is 11.8. The van der Waals surface area contributed by atoms with Gasteiger partial charge >= 0.3 is 0 Å². The summed E-state index contributed by atoms with van der Waals surface area (Å²) in [5.41, 5.74) is 1.86. The summed E-state index contributed by atoms with van der Waals surface area (Å²) in [5, 5.41) is 2.06. The predicted molar refractivity (Wildman–Crippen MR) is 113 cm³/mol. The lowest BCUT2D eigenvalue weighted by atomic mass is 9.99. The highest BCUT2D eigenvalue weighted by Crippen LogP contribution is 2.44. The molecule has 0 aliphatic rings. The number of methoxy groups -OCH3 is 3. The minimum Gasteiger partial charge on any atom is -0.493 e. The molecule has 6 heteroatoms. The van der Waals surface area contributed by atoms with Gasteiger partial charge in [-0.25, -0.2) is 0 Å². The molecule has 0 saturated carbocycles. The van der Waals surface area contributed by atoms with Gasteiger partial charge in [0.05, 0.1) is 21.3 Å². The van der Waals surface area contributed by atoms with Crippen LogP contribution in [0.1, 0.15) is 0 Å². The zero-order valence-corrected chi connectivity index (χ0v) is 17.3. The molecule has 3 aromatic rings. The van der Waals surface area contributed by atoms with Crippen LogP contribution in [0.2, 0.25) is 0 Å². The Morgan fingerprint density at radius 3 is 2.21 bits per heavy atom. The zero-order chi connectivity index (χ0) is 21.0. The van der Waals surface area contributed by atoms with Gasteiger partial charge in [0, 0.05) is 19.7 Å². The molecule has 0 bridgehead atoms. The smallest absolute Gasteiger partial charge is 0.259 e. The van der Waals surface area contributed by atoms with Crippen molar-refractivity contribution in [2.45, 2.75) is 0 Å². The van der Waals surface area contributed by atoms with E-state index in [4.69, 9.17) is 18.9 Å². The molecule has 0 aliphatic heterocycles. The van der Waals surface area contributed by atoms with Gasteiger partial charge in [-0.3, -0.25) is 4.79 Å². The van der Waals surface area contributed by atoms with E-state index in [-0.39, 0.29) is 12.5 Å². The van der Waals surface area contributed by atoms with Crippen molar-refractivity contribution in [2.24, 2.45) is 0 Å². The van der Waals surface area contributed by atoms with E-state index in [1.807, 2.05) is 42.5 Å². The first kappa shape index (κ1) is 20.3. The van der Waals surface area contributed by atoms with Crippen LogP contribution < -0.4 is 18.9 Å². The zero-order valence-electron chi connectivity index (χ0n) is 17.3. The quantitative estimate of drug-likeness (QED) is 0.605. The lowest BCUT2D eigenvalue weighted by Crippen LogP contribution is -2.27. The number of hydrogen-bond acceptors (Lipinski definition) is 5.